The molecule has 3 fully saturated rings. The number of alkyl halides is 2. The SMILES string of the molecule is CN=C1CCC(C2CCC(Cl)C(Cl)C2)C2CCCCC12. The van der Waals surface area contributed by atoms with Crippen LogP contribution in [0.15, 0.2) is 4.99 Å². The quantitative estimate of drug-likeness (QED) is 0.583. The first kappa shape index (κ1) is 15.2. The maximum Gasteiger partial charge on any atom is 0.0502 e. The van der Waals surface area contributed by atoms with Gasteiger partial charge in [0.1, 0.15) is 0 Å². The van der Waals surface area contributed by atoms with Crippen LogP contribution in [0.2, 0.25) is 0 Å². The van der Waals surface area contributed by atoms with Crippen LogP contribution >= 0.6 is 23.2 Å². The van der Waals surface area contributed by atoms with Crippen molar-refractivity contribution in [2.45, 2.75) is 68.5 Å². The molecule has 0 bridgehead atoms. The summed E-state index contributed by atoms with van der Waals surface area (Å²) in [6, 6.07) is 0. The average Bonchev–Trinajstić information content (AvgIpc) is 2.49. The fraction of sp³-hybridized carbons (Fsp3) is 0.941. The average molecular weight is 316 g/mol. The van der Waals surface area contributed by atoms with Gasteiger partial charge < -0.3 is 0 Å². The number of hydrogen-bond acceptors (Lipinski definition) is 1. The summed E-state index contributed by atoms with van der Waals surface area (Å²) >= 11 is 12.8. The van der Waals surface area contributed by atoms with Crippen LogP contribution in [0.25, 0.3) is 0 Å². The van der Waals surface area contributed by atoms with Crippen molar-refractivity contribution >= 4 is 28.9 Å². The molecular formula is C17H27Cl2N. The van der Waals surface area contributed by atoms with Crippen LogP contribution in [0.1, 0.15) is 57.8 Å². The van der Waals surface area contributed by atoms with Gasteiger partial charge in [-0.15, -0.1) is 23.2 Å². The Kier molecular flexibility index (Phi) is 4.98. The van der Waals surface area contributed by atoms with Gasteiger partial charge in [0.25, 0.3) is 0 Å². The second kappa shape index (κ2) is 6.57. The summed E-state index contributed by atoms with van der Waals surface area (Å²) in [5.74, 6) is 3.37. The Morgan fingerprint density at radius 2 is 1.70 bits per heavy atom. The molecule has 6 atom stereocenters. The molecule has 3 aliphatic rings. The van der Waals surface area contributed by atoms with E-state index in [9.17, 15) is 0 Å². The predicted octanol–water partition coefficient (Wildman–Crippen LogP) is 5.29. The zero-order valence-electron chi connectivity index (χ0n) is 12.5. The van der Waals surface area contributed by atoms with Crippen LogP contribution in [0, 0.1) is 23.7 Å². The molecule has 3 aliphatic carbocycles. The van der Waals surface area contributed by atoms with E-state index in [0.717, 1.165) is 36.5 Å². The van der Waals surface area contributed by atoms with Crippen molar-refractivity contribution in [1.82, 2.24) is 0 Å². The summed E-state index contributed by atoms with van der Waals surface area (Å²) in [5.41, 5.74) is 1.51. The maximum atomic E-state index is 6.46. The van der Waals surface area contributed by atoms with E-state index >= 15 is 0 Å². The molecule has 0 aromatic heterocycles. The van der Waals surface area contributed by atoms with E-state index in [1.165, 1.54) is 50.7 Å². The predicted molar refractivity (Wildman–Crippen MR) is 88.2 cm³/mol. The maximum absolute atomic E-state index is 6.46. The summed E-state index contributed by atoms with van der Waals surface area (Å²) in [6.45, 7) is 0. The molecule has 0 N–H and O–H groups in total. The topological polar surface area (TPSA) is 12.4 Å². The van der Waals surface area contributed by atoms with Crippen LogP contribution in [-0.2, 0) is 0 Å². The first-order valence-corrected chi connectivity index (χ1v) is 9.31. The van der Waals surface area contributed by atoms with Crippen LogP contribution in [0.4, 0.5) is 0 Å². The van der Waals surface area contributed by atoms with Gasteiger partial charge in [-0.3, -0.25) is 4.99 Å². The first-order chi connectivity index (χ1) is 9.70. The van der Waals surface area contributed by atoms with Gasteiger partial charge in [0.2, 0.25) is 0 Å². The van der Waals surface area contributed by atoms with E-state index in [1.54, 1.807) is 0 Å². The molecule has 0 aromatic carbocycles. The number of nitrogens with zero attached hydrogens (tertiary/aromatic N) is 1. The van der Waals surface area contributed by atoms with Crippen LogP contribution in [0.3, 0.4) is 0 Å². The van der Waals surface area contributed by atoms with Crippen molar-refractivity contribution in [2.75, 3.05) is 7.05 Å². The highest BCUT2D eigenvalue weighted by Crippen LogP contribution is 2.49. The number of halogens is 2. The van der Waals surface area contributed by atoms with Gasteiger partial charge in [-0.2, -0.15) is 0 Å². The standard InChI is InChI=1S/C17H27Cl2N/c1-20-17-9-7-12(13-4-2-3-5-14(13)17)11-6-8-15(18)16(19)10-11/h11-16H,2-10H2,1H3. The number of hydrogen-bond donors (Lipinski definition) is 0. The largest absolute Gasteiger partial charge is 0.297 e. The minimum atomic E-state index is 0.193. The normalized spacial score (nSPS) is 48.0. The molecule has 0 spiro atoms. The van der Waals surface area contributed by atoms with Gasteiger partial charge >= 0.3 is 0 Å². The summed E-state index contributed by atoms with van der Waals surface area (Å²) in [7, 11) is 1.99. The summed E-state index contributed by atoms with van der Waals surface area (Å²) in [4.78, 5) is 4.61. The number of fused-ring (bicyclic) bond motifs is 1. The highest BCUT2D eigenvalue weighted by Gasteiger charge is 2.43. The lowest BCUT2D eigenvalue weighted by molar-refractivity contribution is 0.102. The van der Waals surface area contributed by atoms with Crippen molar-refractivity contribution in [3.63, 3.8) is 0 Å². The fourth-order valence-corrected chi connectivity index (χ4v) is 5.74. The smallest absolute Gasteiger partial charge is 0.0502 e. The minimum absolute atomic E-state index is 0.193. The molecule has 0 amide bonds. The van der Waals surface area contributed by atoms with E-state index in [0.29, 0.717) is 0 Å². The van der Waals surface area contributed by atoms with Crippen molar-refractivity contribution < 1.29 is 0 Å². The van der Waals surface area contributed by atoms with Gasteiger partial charge in [0.15, 0.2) is 0 Å². The molecular weight excluding hydrogens is 289 g/mol. The lowest BCUT2D eigenvalue weighted by Crippen LogP contribution is -2.42. The fourth-order valence-electron chi connectivity index (χ4n) is 5.16. The third-order valence-electron chi connectivity index (χ3n) is 6.16. The number of aliphatic imine (C=N–C) groups is 1. The summed E-state index contributed by atoms with van der Waals surface area (Å²) in [6.07, 6.45) is 11.7. The molecule has 0 saturated heterocycles. The van der Waals surface area contributed by atoms with Crippen LogP contribution in [0.5, 0.6) is 0 Å². The lowest BCUT2D eigenvalue weighted by Gasteiger charge is -2.47. The Balaban J connectivity index is 1.73. The zero-order chi connectivity index (χ0) is 14.1. The van der Waals surface area contributed by atoms with Crippen molar-refractivity contribution in [3.8, 4) is 0 Å². The molecule has 0 heterocycles. The molecule has 0 radical (unpaired) electrons. The molecule has 3 rings (SSSR count). The molecule has 20 heavy (non-hydrogen) atoms. The highest BCUT2D eigenvalue weighted by atomic mass is 35.5. The van der Waals surface area contributed by atoms with Crippen molar-refractivity contribution in [2.24, 2.45) is 28.7 Å². The van der Waals surface area contributed by atoms with Crippen molar-refractivity contribution in [3.05, 3.63) is 0 Å². The Labute approximate surface area is 133 Å². The zero-order valence-corrected chi connectivity index (χ0v) is 14.0. The second-order valence-electron chi connectivity index (χ2n) is 7.08. The molecule has 6 unspecified atom stereocenters. The van der Waals surface area contributed by atoms with E-state index in [1.807, 2.05) is 7.05 Å². The van der Waals surface area contributed by atoms with E-state index < -0.39 is 0 Å². The molecule has 3 saturated carbocycles. The lowest BCUT2D eigenvalue weighted by atomic mass is 9.59. The molecule has 114 valence electrons. The monoisotopic (exact) mass is 315 g/mol. The minimum Gasteiger partial charge on any atom is -0.297 e. The third kappa shape index (κ3) is 2.90. The Hall–Kier alpha value is 0.250. The van der Waals surface area contributed by atoms with E-state index in [4.69, 9.17) is 23.2 Å². The van der Waals surface area contributed by atoms with Gasteiger partial charge in [0, 0.05) is 18.1 Å². The first-order valence-electron chi connectivity index (χ1n) is 8.44. The number of rotatable bonds is 1. The van der Waals surface area contributed by atoms with Gasteiger partial charge in [-0.1, -0.05) is 12.8 Å². The van der Waals surface area contributed by atoms with E-state index in [2.05, 4.69) is 4.99 Å². The van der Waals surface area contributed by atoms with E-state index in [-0.39, 0.29) is 10.8 Å². The van der Waals surface area contributed by atoms with Crippen LogP contribution < -0.4 is 0 Å². The van der Waals surface area contributed by atoms with Crippen molar-refractivity contribution in [1.29, 1.82) is 0 Å². The second-order valence-corrected chi connectivity index (χ2v) is 8.20. The Morgan fingerprint density at radius 1 is 0.900 bits per heavy atom. The molecule has 3 heteroatoms. The third-order valence-corrected chi connectivity index (χ3v) is 7.29. The van der Waals surface area contributed by atoms with Crippen LogP contribution in [-0.4, -0.2) is 23.5 Å². The molecule has 0 aromatic rings. The molecule has 0 aliphatic heterocycles. The van der Waals surface area contributed by atoms with Gasteiger partial charge in [-0.25, -0.2) is 0 Å². The highest BCUT2D eigenvalue weighted by molar-refractivity contribution is 6.30. The molecule has 1 nitrogen and oxygen atoms in total. The summed E-state index contributed by atoms with van der Waals surface area (Å²) < 4.78 is 0. The Morgan fingerprint density at radius 3 is 2.45 bits per heavy atom. The summed E-state index contributed by atoms with van der Waals surface area (Å²) in [5, 5.41) is 0.394. The van der Waals surface area contributed by atoms with Gasteiger partial charge in [-0.05, 0) is 68.6 Å². The van der Waals surface area contributed by atoms with Gasteiger partial charge in [0.05, 0.1) is 5.38 Å². The Bertz CT molecular complexity index is 368.